The van der Waals surface area contributed by atoms with Gasteiger partial charge in [0.2, 0.25) is 5.91 Å². The van der Waals surface area contributed by atoms with E-state index in [4.69, 9.17) is 14.2 Å². The number of rotatable bonds is 8. The number of esters is 1. The van der Waals surface area contributed by atoms with Gasteiger partial charge in [-0.15, -0.1) is 0 Å². The van der Waals surface area contributed by atoms with Gasteiger partial charge in [0.25, 0.3) is 5.91 Å². The van der Waals surface area contributed by atoms with Crippen LogP contribution in [0.2, 0.25) is 0 Å². The van der Waals surface area contributed by atoms with E-state index in [0.29, 0.717) is 36.8 Å². The Morgan fingerprint density at radius 3 is 2.50 bits per heavy atom. The minimum atomic E-state index is -0.347. The van der Waals surface area contributed by atoms with Gasteiger partial charge in [-0.25, -0.2) is 0 Å². The molecular weight excluding hydrogens is 364 g/mol. The van der Waals surface area contributed by atoms with Crippen molar-refractivity contribution in [3.8, 4) is 11.5 Å². The van der Waals surface area contributed by atoms with Crippen LogP contribution in [0.5, 0.6) is 11.5 Å². The van der Waals surface area contributed by atoms with Gasteiger partial charge in [0, 0.05) is 45.0 Å². The summed E-state index contributed by atoms with van der Waals surface area (Å²) in [6.07, 6.45) is 1.61. The second-order valence-corrected chi connectivity index (χ2v) is 6.50. The number of methoxy groups -OCH3 is 1. The number of hydrogen-bond acceptors (Lipinski definition) is 6. The highest BCUT2D eigenvalue weighted by atomic mass is 16.5. The lowest BCUT2D eigenvalue weighted by Crippen LogP contribution is -2.40. The molecule has 1 heterocycles. The minimum Gasteiger partial charge on any atom is -0.493 e. The highest BCUT2D eigenvalue weighted by Gasteiger charge is 2.23. The molecule has 1 saturated heterocycles. The van der Waals surface area contributed by atoms with E-state index in [1.165, 1.54) is 7.11 Å². The molecule has 2 amide bonds. The van der Waals surface area contributed by atoms with E-state index in [9.17, 15) is 14.4 Å². The van der Waals surface area contributed by atoms with Gasteiger partial charge < -0.3 is 24.4 Å². The highest BCUT2D eigenvalue weighted by molar-refractivity contribution is 5.95. The predicted molar refractivity (Wildman–Crippen MR) is 102 cm³/mol. The number of piperidine rings is 1. The van der Waals surface area contributed by atoms with Crippen molar-refractivity contribution in [1.29, 1.82) is 0 Å². The van der Waals surface area contributed by atoms with Crippen molar-refractivity contribution in [3.05, 3.63) is 23.8 Å². The van der Waals surface area contributed by atoms with Crippen molar-refractivity contribution in [3.63, 3.8) is 0 Å². The molecular formula is C20H28N2O6. The fourth-order valence-corrected chi connectivity index (χ4v) is 2.99. The molecule has 0 aromatic heterocycles. The average molecular weight is 392 g/mol. The molecule has 1 aliphatic heterocycles. The minimum absolute atomic E-state index is 0.00578. The number of carbonyl (C=O) groups excluding carboxylic acids is 3. The Hall–Kier alpha value is -2.77. The lowest BCUT2D eigenvalue weighted by Gasteiger charge is -2.31. The van der Waals surface area contributed by atoms with Crippen molar-refractivity contribution in [2.45, 2.75) is 39.2 Å². The first-order chi connectivity index (χ1) is 13.4. The lowest BCUT2D eigenvalue weighted by atomic mass is 10.1. The number of likely N-dealkylation sites (tertiary alicyclic amines) is 1. The maximum absolute atomic E-state index is 12.3. The molecule has 28 heavy (non-hydrogen) atoms. The van der Waals surface area contributed by atoms with Gasteiger partial charge in [-0.05, 0) is 25.1 Å². The van der Waals surface area contributed by atoms with Gasteiger partial charge in [0.1, 0.15) is 6.10 Å². The Kier molecular flexibility index (Phi) is 8.10. The molecule has 8 heteroatoms. The second-order valence-electron chi connectivity index (χ2n) is 6.50. The smallest absolute Gasteiger partial charge is 0.307 e. The van der Waals surface area contributed by atoms with E-state index in [0.717, 1.165) is 12.8 Å². The maximum Gasteiger partial charge on any atom is 0.307 e. The summed E-state index contributed by atoms with van der Waals surface area (Å²) in [7, 11) is 1.52. The summed E-state index contributed by atoms with van der Waals surface area (Å²) in [4.78, 5) is 36.8. The first-order valence-corrected chi connectivity index (χ1v) is 9.48. The Morgan fingerprint density at radius 2 is 1.89 bits per heavy atom. The van der Waals surface area contributed by atoms with Gasteiger partial charge in [-0.1, -0.05) is 0 Å². The number of hydrogen-bond donors (Lipinski definition) is 1. The molecule has 0 spiro atoms. The first kappa shape index (κ1) is 21.5. The first-order valence-electron chi connectivity index (χ1n) is 9.48. The molecule has 0 radical (unpaired) electrons. The number of carbonyl (C=O) groups is 3. The van der Waals surface area contributed by atoms with Crippen LogP contribution >= 0.6 is 0 Å². The van der Waals surface area contributed by atoms with Crippen LogP contribution in [-0.2, 0) is 14.3 Å². The Labute approximate surface area is 165 Å². The monoisotopic (exact) mass is 392 g/mol. The van der Waals surface area contributed by atoms with E-state index in [-0.39, 0.29) is 36.9 Å². The van der Waals surface area contributed by atoms with Crippen LogP contribution in [0.4, 0.5) is 0 Å². The van der Waals surface area contributed by atoms with E-state index in [1.807, 2.05) is 0 Å². The zero-order valence-corrected chi connectivity index (χ0v) is 16.7. The van der Waals surface area contributed by atoms with Gasteiger partial charge >= 0.3 is 5.97 Å². The topological polar surface area (TPSA) is 94.2 Å². The van der Waals surface area contributed by atoms with Crippen molar-refractivity contribution in [2.24, 2.45) is 0 Å². The van der Waals surface area contributed by atoms with Crippen LogP contribution < -0.4 is 14.8 Å². The lowest BCUT2D eigenvalue weighted by molar-refractivity contribution is -0.142. The zero-order chi connectivity index (χ0) is 20.5. The summed E-state index contributed by atoms with van der Waals surface area (Å²) in [6, 6.07) is 4.97. The second kappa shape index (κ2) is 10.5. The molecule has 1 aromatic carbocycles. The van der Waals surface area contributed by atoms with Gasteiger partial charge in [-0.3, -0.25) is 14.4 Å². The molecule has 2 rings (SSSR count). The SMILES string of the molecule is CCOC(=O)CCNC(=O)c1ccc(OC2CCN(C(C)=O)CC2)c(OC)c1. The Morgan fingerprint density at radius 1 is 1.18 bits per heavy atom. The van der Waals surface area contributed by atoms with Crippen molar-refractivity contribution in [2.75, 3.05) is 33.4 Å². The van der Waals surface area contributed by atoms with Crippen LogP contribution in [0.25, 0.3) is 0 Å². The van der Waals surface area contributed by atoms with Gasteiger partial charge in [0.05, 0.1) is 20.1 Å². The van der Waals surface area contributed by atoms with Gasteiger partial charge in [-0.2, -0.15) is 0 Å². The third-order valence-electron chi connectivity index (χ3n) is 4.53. The largest absolute Gasteiger partial charge is 0.493 e. The summed E-state index contributed by atoms with van der Waals surface area (Å²) in [6.45, 7) is 5.17. The van der Waals surface area contributed by atoms with E-state index >= 15 is 0 Å². The summed E-state index contributed by atoms with van der Waals surface area (Å²) in [5, 5.41) is 2.68. The number of benzene rings is 1. The third kappa shape index (κ3) is 6.14. The molecule has 154 valence electrons. The molecule has 1 fully saturated rings. The number of amides is 2. The Balaban J connectivity index is 1.91. The number of ether oxygens (including phenoxy) is 3. The molecule has 1 aliphatic rings. The summed E-state index contributed by atoms with van der Waals surface area (Å²) in [5.74, 6) is 0.456. The third-order valence-corrected chi connectivity index (χ3v) is 4.53. The van der Waals surface area contributed by atoms with Crippen LogP contribution in [-0.4, -0.2) is 62.1 Å². The average Bonchev–Trinajstić information content (AvgIpc) is 2.68. The summed E-state index contributed by atoms with van der Waals surface area (Å²) < 4.78 is 16.2. The van der Waals surface area contributed by atoms with Crippen molar-refractivity contribution < 1.29 is 28.6 Å². The van der Waals surface area contributed by atoms with E-state index in [2.05, 4.69) is 5.32 Å². The molecule has 0 atom stereocenters. The number of nitrogens with zero attached hydrogens (tertiary/aromatic N) is 1. The van der Waals surface area contributed by atoms with Crippen molar-refractivity contribution in [1.82, 2.24) is 10.2 Å². The predicted octanol–water partition coefficient (Wildman–Crippen LogP) is 1.77. The summed E-state index contributed by atoms with van der Waals surface area (Å²) in [5.41, 5.74) is 0.416. The van der Waals surface area contributed by atoms with E-state index < -0.39 is 0 Å². The molecule has 0 aliphatic carbocycles. The molecule has 8 nitrogen and oxygen atoms in total. The molecule has 1 N–H and O–H groups in total. The molecule has 0 saturated carbocycles. The number of nitrogens with one attached hydrogen (secondary N) is 1. The normalized spacial score (nSPS) is 14.3. The van der Waals surface area contributed by atoms with Crippen LogP contribution in [0.15, 0.2) is 18.2 Å². The molecule has 1 aromatic rings. The molecule has 0 bridgehead atoms. The quantitative estimate of drug-likeness (QED) is 0.678. The Bertz CT molecular complexity index is 698. The standard InChI is InChI=1S/C20H28N2O6/c1-4-27-19(24)7-10-21-20(25)15-5-6-17(18(13-15)26-3)28-16-8-11-22(12-9-16)14(2)23/h5-6,13,16H,4,7-12H2,1-3H3,(H,21,25). The van der Waals surface area contributed by atoms with Crippen LogP contribution in [0, 0.1) is 0 Å². The van der Waals surface area contributed by atoms with Crippen LogP contribution in [0.3, 0.4) is 0 Å². The zero-order valence-electron chi connectivity index (χ0n) is 16.7. The molecule has 0 unspecified atom stereocenters. The van der Waals surface area contributed by atoms with Crippen molar-refractivity contribution >= 4 is 17.8 Å². The van der Waals surface area contributed by atoms with Gasteiger partial charge in [0.15, 0.2) is 11.5 Å². The summed E-state index contributed by atoms with van der Waals surface area (Å²) >= 11 is 0. The fourth-order valence-electron chi connectivity index (χ4n) is 2.99. The maximum atomic E-state index is 12.3. The van der Waals surface area contributed by atoms with Crippen LogP contribution in [0.1, 0.15) is 43.5 Å². The highest BCUT2D eigenvalue weighted by Crippen LogP contribution is 2.30. The fraction of sp³-hybridized carbons (Fsp3) is 0.550. The van der Waals surface area contributed by atoms with E-state index in [1.54, 1.807) is 36.9 Å².